The number of rotatable bonds is 7. The second-order valence-corrected chi connectivity index (χ2v) is 3.28. The molecule has 7 N–H and O–H groups in total. The van der Waals surface area contributed by atoms with Gasteiger partial charge < -0.3 is 36.1 Å². The molecule has 7 nitrogen and oxygen atoms in total. The van der Waals surface area contributed by atoms with Gasteiger partial charge in [-0.2, -0.15) is 0 Å². The summed E-state index contributed by atoms with van der Waals surface area (Å²) in [4.78, 5) is 10.1. The summed E-state index contributed by atoms with van der Waals surface area (Å²) in [6.45, 7) is -0.741. The van der Waals surface area contributed by atoms with E-state index in [9.17, 15) is 20.1 Å². The van der Waals surface area contributed by atoms with Gasteiger partial charge in [-0.3, -0.25) is 0 Å². The van der Waals surface area contributed by atoms with Crippen LogP contribution in [0.1, 0.15) is 6.42 Å². The SMILES string of the molecule is N[C@@H]([C@@H](O)[C@H](O)[C@H](O)CO)[C@@H](O)CC=O. The van der Waals surface area contributed by atoms with E-state index in [1.165, 1.54) is 0 Å². The summed E-state index contributed by atoms with van der Waals surface area (Å²) in [6.07, 6.45) is -6.01. The third kappa shape index (κ3) is 4.20. The van der Waals surface area contributed by atoms with Crippen molar-refractivity contribution in [3.05, 3.63) is 0 Å². The predicted molar refractivity (Wildman–Crippen MR) is 49.8 cm³/mol. The molecule has 0 rings (SSSR count). The monoisotopic (exact) mass is 223 g/mol. The molecule has 0 bridgehead atoms. The summed E-state index contributed by atoms with van der Waals surface area (Å²) in [5.41, 5.74) is 5.33. The Morgan fingerprint density at radius 3 is 2.00 bits per heavy atom. The Hall–Kier alpha value is -0.570. The van der Waals surface area contributed by atoms with Gasteiger partial charge in [0.25, 0.3) is 0 Å². The summed E-state index contributed by atoms with van der Waals surface area (Å²) in [5, 5.41) is 45.3. The lowest BCUT2D eigenvalue weighted by atomic mass is 9.96. The molecule has 0 heterocycles. The van der Waals surface area contributed by atoms with E-state index in [1.807, 2.05) is 0 Å². The van der Waals surface area contributed by atoms with Gasteiger partial charge in [0.1, 0.15) is 24.6 Å². The van der Waals surface area contributed by atoms with Crippen molar-refractivity contribution < 1.29 is 30.3 Å². The van der Waals surface area contributed by atoms with E-state index in [0.717, 1.165) is 0 Å². The molecule has 7 heteroatoms. The summed E-state index contributed by atoms with van der Waals surface area (Å²) in [6, 6.07) is -1.27. The molecule has 0 radical (unpaired) electrons. The van der Waals surface area contributed by atoms with Gasteiger partial charge in [0.2, 0.25) is 0 Å². The molecule has 0 aromatic heterocycles. The van der Waals surface area contributed by atoms with Crippen molar-refractivity contribution in [3.63, 3.8) is 0 Å². The van der Waals surface area contributed by atoms with E-state index in [4.69, 9.17) is 15.9 Å². The van der Waals surface area contributed by atoms with Gasteiger partial charge in [0, 0.05) is 6.42 Å². The maximum Gasteiger partial charge on any atom is 0.122 e. The zero-order chi connectivity index (χ0) is 12.0. The van der Waals surface area contributed by atoms with Crippen molar-refractivity contribution in [1.82, 2.24) is 0 Å². The molecule has 0 unspecified atom stereocenters. The first kappa shape index (κ1) is 14.4. The van der Waals surface area contributed by atoms with E-state index in [0.29, 0.717) is 6.29 Å². The van der Waals surface area contributed by atoms with Crippen molar-refractivity contribution >= 4 is 6.29 Å². The third-order valence-corrected chi connectivity index (χ3v) is 2.11. The van der Waals surface area contributed by atoms with Gasteiger partial charge in [0.15, 0.2) is 0 Å². The average Bonchev–Trinajstić information content (AvgIpc) is 2.25. The van der Waals surface area contributed by atoms with Crippen LogP contribution in [0.15, 0.2) is 0 Å². The van der Waals surface area contributed by atoms with Crippen molar-refractivity contribution in [2.24, 2.45) is 5.73 Å². The van der Waals surface area contributed by atoms with E-state index in [-0.39, 0.29) is 6.42 Å². The standard InChI is InChI=1S/C8H17NO6/c9-6(4(12)1-2-10)8(15)7(14)5(13)3-11/h2,4-8,11-15H,1,3,9H2/t4-,5+,6+,7+,8+/m0/s1. The average molecular weight is 223 g/mol. The first-order valence-corrected chi connectivity index (χ1v) is 4.48. The Morgan fingerprint density at radius 1 is 1.07 bits per heavy atom. The Balaban J connectivity index is 4.28. The van der Waals surface area contributed by atoms with E-state index < -0.39 is 37.1 Å². The largest absolute Gasteiger partial charge is 0.394 e. The predicted octanol–water partition coefficient (Wildman–Crippen LogP) is -3.66. The van der Waals surface area contributed by atoms with Crippen LogP contribution in [0.4, 0.5) is 0 Å². The van der Waals surface area contributed by atoms with Crippen LogP contribution in [0.3, 0.4) is 0 Å². The number of aliphatic hydroxyl groups excluding tert-OH is 5. The van der Waals surface area contributed by atoms with Crippen LogP contribution in [0.5, 0.6) is 0 Å². The molecule has 0 spiro atoms. The molecule has 0 aromatic carbocycles. The lowest BCUT2D eigenvalue weighted by Gasteiger charge is -2.28. The molecule has 5 atom stereocenters. The zero-order valence-electron chi connectivity index (χ0n) is 8.10. The number of hydrogen-bond acceptors (Lipinski definition) is 7. The fraction of sp³-hybridized carbons (Fsp3) is 0.875. The van der Waals surface area contributed by atoms with Gasteiger partial charge in [-0.05, 0) is 0 Å². The maximum absolute atomic E-state index is 10.1. The lowest BCUT2D eigenvalue weighted by Crippen LogP contribution is -2.54. The van der Waals surface area contributed by atoms with Crippen LogP contribution in [0, 0.1) is 0 Å². The summed E-state index contributed by atoms with van der Waals surface area (Å²) in [7, 11) is 0. The highest BCUT2D eigenvalue weighted by Gasteiger charge is 2.32. The highest BCUT2D eigenvalue weighted by molar-refractivity contribution is 5.50. The minimum Gasteiger partial charge on any atom is -0.394 e. The van der Waals surface area contributed by atoms with E-state index in [2.05, 4.69) is 0 Å². The minimum atomic E-state index is -1.67. The molecule has 0 saturated carbocycles. The number of nitrogens with two attached hydrogens (primary N) is 1. The van der Waals surface area contributed by atoms with Gasteiger partial charge in [-0.15, -0.1) is 0 Å². The normalized spacial score (nSPS) is 21.5. The van der Waals surface area contributed by atoms with Crippen LogP contribution < -0.4 is 5.73 Å². The van der Waals surface area contributed by atoms with Gasteiger partial charge in [0.05, 0.1) is 18.8 Å². The zero-order valence-corrected chi connectivity index (χ0v) is 8.10. The first-order chi connectivity index (χ1) is 6.95. The Kier molecular flexibility index (Phi) is 6.57. The Bertz CT molecular complexity index is 190. The molecule has 0 aliphatic heterocycles. The fourth-order valence-electron chi connectivity index (χ4n) is 1.05. The quantitative estimate of drug-likeness (QED) is 0.244. The van der Waals surface area contributed by atoms with Crippen molar-refractivity contribution in [2.75, 3.05) is 6.61 Å². The molecule has 0 saturated heterocycles. The summed E-state index contributed by atoms with van der Waals surface area (Å²) < 4.78 is 0. The van der Waals surface area contributed by atoms with Crippen molar-refractivity contribution in [2.45, 2.75) is 36.9 Å². The molecule has 0 aliphatic rings. The third-order valence-electron chi connectivity index (χ3n) is 2.11. The van der Waals surface area contributed by atoms with Gasteiger partial charge >= 0.3 is 0 Å². The van der Waals surface area contributed by atoms with E-state index in [1.54, 1.807) is 0 Å². The number of carbonyl (C=O) groups excluding carboxylic acids is 1. The molecule has 0 aliphatic carbocycles. The van der Waals surface area contributed by atoms with Crippen molar-refractivity contribution in [3.8, 4) is 0 Å². The highest BCUT2D eigenvalue weighted by Crippen LogP contribution is 2.07. The smallest absolute Gasteiger partial charge is 0.122 e. The molecule has 90 valence electrons. The lowest BCUT2D eigenvalue weighted by molar-refractivity contribution is -0.113. The van der Waals surface area contributed by atoms with Gasteiger partial charge in [-0.1, -0.05) is 0 Å². The Labute approximate surface area is 86.8 Å². The molecule has 0 amide bonds. The van der Waals surface area contributed by atoms with E-state index >= 15 is 0 Å². The molecule has 0 aromatic rings. The van der Waals surface area contributed by atoms with Crippen LogP contribution in [0.25, 0.3) is 0 Å². The highest BCUT2D eigenvalue weighted by atomic mass is 16.4. The molecule has 0 fully saturated rings. The minimum absolute atomic E-state index is 0.278. The van der Waals surface area contributed by atoms with Crippen LogP contribution in [-0.2, 0) is 4.79 Å². The van der Waals surface area contributed by atoms with Crippen LogP contribution >= 0.6 is 0 Å². The molecular weight excluding hydrogens is 206 g/mol. The van der Waals surface area contributed by atoms with Gasteiger partial charge in [-0.25, -0.2) is 0 Å². The van der Waals surface area contributed by atoms with Crippen LogP contribution in [0.2, 0.25) is 0 Å². The topological polar surface area (TPSA) is 144 Å². The second-order valence-electron chi connectivity index (χ2n) is 3.28. The second kappa shape index (κ2) is 6.83. The number of aldehydes is 1. The summed E-state index contributed by atoms with van der Waals surface area (Å²) >= 11 is 0. The number of hydrogen-bond donors (Lipinski definition) is 6. The fourth-order valence-corrected chi connectivity index (χ4v) is 1.05. The number of carbonyl (C=O) groups is 1. The Morgan fingerprint density at radius 2 is 1.60 bits per heavy atom. The maximum atomic E-state index is 10.1. The summed E-state index contributed by atoms with van der Waals surface area (Å²) in [5.74, 6) is 0. The van der Waals surface area contributed by atoms with Crippen LogP contribution in [-0.4, -0.2) is 68.9 Å². The molecule has 15 heavy (non-hydrogen) atoms. The number of aliphatic hydroxyl groups is 5. The first-order valence-electron chi connectivity index (χ1n) is 4.48. The van der Waals surface area contributed by atoms with Crippen molar-refractivity contribution in [1.29, 1.82) is 0 Å². The molecular formula is C8H17NO6.